The van der Waals surface area contributed by atoms with E-state index in [1.807, 2.05) is 76.2 Å². The smallest absolute Gasteiger partial charge is 0.410 e. The molecule has 2 aliphatic rings. The molecule has 0 aliphatic carbocycles. The molecule has 0 bridgehead atoms. The summed E-state index contributed by atoms with van der Waals surface area (Å²) in [5.74, 6) is -1.15. The van der Waals surface area contributed by atoms with Gasteiger partial charge >= 0.3 is 6.09 Å². The number of nitrogens with one attached hydrogen (secondary N) is 4. The van der Waals surface area contributed by atoms with E-state index in [0.29, 0.717) is 94.3 Å². The molecule has 0 radical (unpaired) electrons. The molecule has 8 heterocycles. The average molecular weight is 1100 g/mol. The number of nitrogens with zero attached hydrogens (tertiary/aromatic N) is 10. The Balaban J connectivity index is 0.000000205. The zero-order valence-corrected chi connectivity index (χ0v) is 48.5. The first-order valence-electron chi connectivity index (χ1n) is 27.2. The molecule has 4 N–H and O–H groups in total. The Bertz CT molecular complexity index is 3550. The van der Waals surface area contributed by atoms with Crippen molar-refractivity contribution in [3.05, 3.63) is 83.9 Å². The van der Waals surface area contributed by atoms with Crippen molar-refractivity contribution in [1.29, 1.82) is 0 Å². The van der Waals surface area contributed by atoms with Gasteiger partial charge in [0.2, 0.25) is 0 Å². The maximum absolute atomic E-state index is 14.6. The average Bonchev–Trinajstić information content (AvgIpc) is 4.35. The number of likely N-dealkylation sites (tertiary alicyclic amines) is 1. The summed E-state index contributed by atoms with van der Waals surface area (Å²) in [4.78, 5) is 62.6. The minimum Gasteiger partial charge on any atom is -0.444 e. The Labute approximate surface area is 459 Å². The van der Waals surface area contributed by atoms with Gasteiger partial charge in [0.05, 0.1) is 46.6 Å². The van der Waals surface area contributed by atoms with Crippen LogP contribution in [0.4, 0.5) is 13.6 Å². The van der Waals surface area contributed by atoms with Crippen LogP contribution in [0.25, 0.3) is 66.9 Å². The fourth-order valence-electron chi connectivity index (χ4n) is 9.79. The van der Waals surface area contributed by atoms with Crippen LogP contribution in [0.1, 0.15) is 121 Å². The molecule has 2 fully saturated rings. The molecule has 6 aromatic heterocycles. The number of carbonyl (C=O) groups excluding carboxylic acids is 3. The van der Waals surface area contributed by atoms with Crippen molar-refractivity contribution in [3.63, 3.8) is 0 Å². The number of piperidine rings is 2. The van der Waals surface area contributed by atoms with Gasteiger partial charge in [0.25, 0.3) is 11.8 Å². The molecule has 8 aromatic rings. The highest BCUT2D eigenvalue weighted by Gasteiger charge is 2.31. The van der Waals surface area contributed by atoms with Gasteiger partial charge in [-0.05, 0) is 144 Å². The van der Waals surface area contributed by atoms with Crippen LogP contribution in [0, 0.1) is 11.6 Å². The van der Waals surface area contributed by atoms with Crippen LogP contribution in [0.2, 0.25) is 25.7 Å². The number of amides is 3. The van der Waals surface area contributed by atoms with E-state index in [4.69, 9.17) is 34.6 Å². The van der Waals surface area contributed by atoms with Crippen molar-refractivity contribution >= 4 is 70.1 Å². The van der Waals surface area contributed by atoms with Crippen LogP contribution in [-0.2, 0) is 16.2 Å². The van der Waals surface area contributed by atoms with Crippen molar-refractivity contribution in [2.24, 2.45) is 0 Å². The maximum Gasteiger partial charge on any atom is 0.410 e. The van der Waals surface area contributed by atoms with Crippen LogP contribution in [0.3, 0.4) is 0 Å². The number of hydrogen-bond donors (Lipinski definition) is 4. The lowest BCUT2D eigenvalue weighted by molar-refractivity contribution is 0.0186. The van der Waals surface area contributed by atoms with E-state index in [1.54, 1.807) is 41.8 Å². The topological polar surface area (TPSA) is 217 Å². The number of fused-ring (bicyclic) bond motifs is 4. The SMILES string of the molecule is CC(C)(C)NC(=O)c1c[nH]c2ncc(-c3nn(C4CCNCC4)c4cc(F)ccc34)nc12.CC(C)(C)NC(=O)c1cn(COCC[Si](C)(C)C)c2ncc(-c3nn(C4CCN(C(=O)OC(C)(C)C)CC4)c4cc(F)ccc34)nc12. The second-order valence-electron chi connectivity index (χ2n) is 24.9. The Morgan fingerprint density at radius 1 is 0.722 bits per heavy atom. The Hall–Kier alpha value is -7.17. The van der Waals surface area contributed by atoms with Crippen LogP contribution < -0.4 is 16.0 Å². The van der Waals surface area contributed by atoms with E-state index in [9.17, 15) is 23.2 Å². The predicted molar refractivity (Wildman–Crippen MR) is 305 cm³/mol. The van der Waals surface area contributed by atoms with Crippen LogP contribution in [0.5, 0.6) is 0 Å². The first-order valence-corrected chi connectivity index (χ1v) is 30.9. The predicted octanol–water partition coefficient (Wildman–Crippen LogP) is 10.6. The number of carbonyl (C=O) groups is 3. The summed E-state index contributed by atoms with van der Waals surface area (Å²) in [6, 6.07) is 10.4. The van der Waals surface area contributed by atoms with Gasteiger partial charge in [-0.1, -0.05) is 19.6 Å². The van der Waals surface area contributed by atoms with Crippen LogP contribution in [-0.4, -0.2) is 129 Å². The van der Waals surface area contributed by atoms with Gasteiger partial charge in [-0.3, -0.25) is 19.0 Å². The maximum atomic E-state index is 14.6. The van der Waals surface area contributed by atoms with Gasteiger partial charge < -0.3 is 39.9 Å². The van der Waals surface area contributed by atoms with Crippen LogP contribution >= 0.6 is 0 Å². The molecule has 0 saturated carbocycles. The number of hydrogen-bond acceptors (Lipinski definition) is 12. The highest BCUT2D eigenvalue weighted by Crippen LogP contribution is 2.36. The molecule has 3 amide bonds. The molecule has 22 heteroatoms. The fourth-order valence-corrected chi connectivity index (χ4v) is 10.5. The number of H-pyrrole nitrogens is 1. The summed E-state index contributed by atoms with van der Waals surface area (Å²) < 4.78 is 45.9. The highest BCUT2D eigenvalue weighted by atomic mass is 28.3. The number of halogens is 2. The number of aromatic amines is 1. The molecule has 2 aromatic carbocycles. The summed E-state index contributed by atoms with van der Waals surface area (Å²) in [5.41, 5.74) is 4.98. The van der Waals surface area contributed by atoms with Gasteiger partial charge in [0.1, 0.15) is 57.8 Å². The van der Waals surface area contributed by atoms with Crippen LogP contribution in [0.15, 0.2) is 61.2 Å². The minimum atomic E-state index is -1.27. The van der Waals surface area contributed by atoms with Crippen molar-refractivity contribution in [2.45, 2.75) is 149 Å². The monoisotopic (exact) mass is 1100 g/mol. The molecule has 0 atom stereocenters. The van der Waals surface area contributed by atoms with Gasteiger partial charge in [0.15, 0.2) is 11.3 Å². The summed E-state index contributed by atoms with van der Waals surface area (Å²) in [6.45, 7) is 27.7. The van der Waals surface area contributed by atoms with E-state index >= 15 is 0 Å². The summed E-state index contributed by atoms with van der Waals surface area (Å²) >= 11 is 0. The molecular formula is C57H74F2N14O5Si. The molecule has 19 nitrogen and oxygen atoms in total. The standard InChI is InChI=1S/C34H48FN7O4Si.C23H26FN7O/c1-33(2,3)38-31(43)25-20-41(21-45-16-17-47(7,8)9)30-29(25)37-26(19-36-30)28-24-11-10-22(35)18-27(24)42(39-28)23-12-14-40(15-13-23)32(44)46-34(4,5)6;1-23(2,3)29-22(32)16-11-26-21-20(16)28-17(12-27-21)19-15-5-4-13(24)10-18(15)31(30-19)14-6-8-25-9-7-14/h10-11,18-20,23H,12-17,21H2,1-9H3,(H,38,43);4-5,10-12,14,25H,6-9H2,1-3H3,(H,26,27)(H,29,32). The molecule has 10 rings (SSSR count). The normalized spacial score (nSPS) is 15.2. The molecule has 2 aliphatic heterocycles. The van der Waals surface area contributed by atoms with E-state index in [-0.39, 0.29) is 53.9 Å². The fraction of sp³-hybridized carbons (Fsp3) is 0.491. The van der Waals surface area contributed by atoms with Gasteiger partial charge in [-0.15, -0.1) is 0 Å². The number of ether oxygens (including phenoxy) is 2. The van der Waals surface area contributed by atoms with E-state index in [0.717, 1.165) is 48.3 Å². The lowest BCUT2D eigenvalue weighted by atomic mass is 10.1. The zero-order valence-electron chi connectivity index (χ0n) is 47.5. The molecule has 0 unspecified atom stereocenters. The van der Waals surface area contributed by atoms with Crippen molar-refractivity contribution in [3.8, 4) is 22.8 Å². The summed E-state index contributed by atoms with van der Waals surface area (Å²) in [5, 5.41) is 20.7. The van der Waals surface area contributed by atoms with Gasteiger partial charge in [0, 0.05) is 62.0 Å². The zero-order chi connectivity index (χ0) is 56.8. The van der Waals surface area contributed by atoms with Crippen molar-refractivity contribution in [2.75, 3.05) is 32.8 Å². The Morgan fingerprint density at radius 3 is 1.80 bits per heavy atom. The molecule has 79 heavy (non-hydrogen) atoms. The summed E-state index contributed by atoms with van der Waals surface area (Å²) in [7, 11) is -1.27. The molecule has 420 valence electrons. The molecule has 2 saturated heterocycles. The lowest BCUT2D eigenvalue weighted by Gasteiger charge is -2.33. The first-order chi connectivity index (χ1) is 37.2. The molecule has 0 spiro atoms. The van der Waals surface area contributed by atoms with Crippen molar-refractivity contribution in [1.82, 2.24) is 69.9 Å². The summed E-state index contributed by atoms with van der Waals surface area (Å²) in [6.07, 6.45) is 9.43. The third-order valence-corrected chi connectivity index (χ3v) is 15.3. The van der Waals surface area contributed by atoms with E-state index in [1.165, 1.54) is 24.3 Å². The highest BCUT2D eigenvalue weighted by molar-refractivity contribution is 6.76. The number of rotatable bonds is 11. The van der Waals surface area contributed by atoms with E-state index < -0.39 is 19.2 Å². The largest absolute Gasteiger partial charge is 0.444 e. The van der Waals surface area contributed by atoms with Gasteiger partial charge in [-0.25, -0.2) is 33.5 Å². The Kier molecular flexibility index (Phi) is 15.9. The Morgan fingerprint density at radius 2 is 1.25 bits per heavy atom. The number of aromatic nitrogens is 10. The third-order valence-electron chi connectivity index (χ3n) is 13.6. The number of benzene rings is 2. The molecular weight excluding hydrogens is 1030 g/mol. The first kappa shape index (κ1) is 56.5. The van der Waals surface area contributed by atoms with E-state index in [2.05, 4.69) is 45.6 Å². The van der Waals surface area contributed by atoms with Crippen molar-refractivity contribution < 1.29 is 32.6 Å². The lowest BCUT2D eigenvalue weighted by Crippen LogP contribution is -2.42. The quantitative estimate of drug-likeness (QED) is 0.0703. The second kappa shape index (κ2) is 22.2. The third kappa shape index (κ3) is 13.3. The van der Waals surface area contributed by atoms with Gasteiger partial charge in [-0.2, -0.15) is 10.2 Å². The minimum absolute atomic E-state index is 0.0639. The second-order valence-corrected chi connectivity index (χ2v) is 30.6.